The Morgan fingerprint density at radius 1 is 1.53 bits per heavy atom. The highest BCUT2D eigenvalue weighted by molar-refractivity contribution is 7.07. The van der Waals surface area contributed by atoms with Crippen LogP contribution in [-0.4, -0.2) is 16.9 Å². The molecule has 5 heteroatoms. The van der Waals surface area contributed by atoms with Crippen LogP contribution in [0.4, 0.5) is 0 Å². The number of nitrogens with two attached hydrogens (primary N) is 1. The number of aromatic nitrogens is 1. The van der Waals surface area contributed by atoms with E-state index in [9.17, 15) is 4.79 Å². The first kappa shape index (κ1) is 11.2. The van der Waals surface area contributed by atoms with Gasteiger partial charge in [-0.2, -0.15) is 0 Å². The molecule has 1 aromatic rings. The molecule has 0 aliphatic heterocycles. The first-order chi connectivity index (χ1) is 8.25. The number of hydrogen-bond acceptors (Lipinski definition) is 4. The average molecular weight is 251 g/mol. The van der Waals surface area contributed by atoms with Crippen molar-refractivity contribution in [2.24, 2.45) is 23.5 Å². The van der Waals surface area contributed by atoms with E-state index in [0.717, 1.165) is 12.1 Å². The molecular weight excluding hydrogens is 234 g/mol. The quantitative estimate of drug-likeness (QED) is 0.846. The SMILES string of the molecule is NC1C2CCC(C2)C1C(=O)NCc1cscn1. The molecule has 1 heterocycles. The summed E-state index contributed by atoms with van der Waals surface area (Å²) in [6, 6.07) is 0.0733. The second kappa shape index (κ2) is 4.38. The normalized spacial score (nSPS) is 35.1. The van der Waals surface area contributed by atoms with Crippen LogP contribution in [0, 0.1) is 17.8 Å². The molecule has 4 atom stereocenters. The Balaban J connectivity index is 1.59. The van der Waals surface area contributed by atoms with Gasteiger partial charge in [-0.3, -0.25) is 4.79 Å². The van der Waals surface area contributed by atoms with Crippen molar-refractivity contribution >= 4 is 17.2 Å². The van der Waals surface area contributed by atoms with Gasteiger partial charge in [0.05, 0.1) is 23.7 Å². The van der Waals surface area contributed by atoms with Gasteiger partial charge in [-0.15, -0.1) is 11.3 Å². The van der Waals surface area contributed by atoms with Crippen LogP contribution in [0.3, 0.4) is 0 Å². The van der Waals surface area contributed by atoms with Crippen molar-refractivity contribution in [3.63, 3.8) is 0 Å². The number of nitrogens with zero attached hydrogens (tertiary/aromatic N) is 1. The maximum atomic E-state index is 12.1. The van der Waals surface area contributed by atoms with Crippen LogP contribution in [0.2, 0.25) is 0 Å². The lowest BCUT2D eigenvalue weighted by atomic mass is 9.84. The van der Waals surface area contributed by atoms with Crippen LogP contribution >= 0.6 is 11.3 Å². The predicted octanol–water partition coefficient (Wildman–Crippen LogP) is 1.13. The summed E-state index contributed by atoms with van der Waals surface area (Å²) in [7, 11) is 0. The van der Waals surface area contributed by atoms with Crippen LogP contribution in [0.15, 0.2) is 10.9 Å². The predicted molar refractivity (Wildman–Crippen MR) is 66.3 cm³/mol. The fourth-order valence-corrected chi connectivity index (χ4v) is 3.90. The summed E-state index contributed by atoms with van der Waals surface area (Å²) in [5, 5.41) is 4.93. The van der Waals surface area contributed by atoms with E-state index in [0.29, 0.717) is 18.4 Å². The summed E-state index contributed by atoms with van der Waals surface area (Å²) in [6.45, 7) is 0.531. The van der Waals surface area contributed by atoms with E-state index in [-0.39, 0.29) is 17.9 Å². The van der Waals surface area contributed by atoms with E-state index >= 15 is 0 Å². The van der Waals surface area contributed by atoms with Crippen LogP contribution in [-0.2, 0) is 11.3 Å². The lowest BCUT2D eigenvalue weighted by Crippen LogP contribution is -2.45. The zero-order chi connectivity index (χ0) is 11.8. The summed E-state index contributed by atoms with van der Waals surface area (Å²) in [6.07, 6.45) is 3.53. The van der Waals surface area contributed by atoms with Gasteiger partial charge in [0, 0.05) is 11.4 Å². The molecule has 3 N–H and O–H groups in total. The fourth-order valence-electron chi connectivity index (χ4n) is 3.35. The topological polar surface area (TPSA) is 68.0 Å². The minimum atomic E-state index is 0.0346. The van der Waals surface area contributed by atoms with Crippen LogP contribution in [0.5, 0.6) is 0 Å². The lowest BCUT2D eigenvalue weighted by Gasteiger charge is -2.26. The lowest BCUT2D eigenvalue weighted by molar-refractivity contribution is -0.127. The van der Waals surface area contributed by atoms with Crippen LogP contribution in [0.25, 0.3) is 0 Å². The van der Waals surface area contributed by atoms with Gasteiger partial charge in [-0.1, -0.05) is 0 Å². The molecule has 2 aliphatic rings. The Labute approximate surface area is 105 Å². The van der Waals surface area contributed by atoms with E-state index in [1.807, 2.05) is 5.38 Å². The second-order valence-electron chi connectivity index (χ2n) is 5.13. The fraction of sp³-hybridized carbons (Fsp3) is 0.667. The third-order valence-corrected chi connectivity index (χ3v) is 4.85. The number of carbonyl (C=O) groups is 1. The molecule has 2 fully saturated rings. The third kappa shape index (κ3) is 1.98. The highest BCUT2D eigenvalue weighted by atomic mass is 32.1. The first-order valence-corrected chi connectivity index (χ1v) is 7.10. The summed E-state index contributed by atoms with van der Waals surface area (Å²) in [5.41, 5.74) is 8.85. The number of amides is 1. The van der Waals surface area contributed by atoms with Crippen molar-refractivity contribution in [1.29, 1.82) is 0 Å². The van der Waals surface area contributed by atoms with Gasteiger partial charge in [0.1, 0.15) is 0 Å². The Hall–Kier alpha value is -0.940. The zero-order valence-electron chi connectivity index (χ0n) is 9.63. The Bertz CT molecular complexity index is 404. The van der Waals surface area contributed by atoms with Gasteiger partial charge >= 0.3 is 0 Å². The molecule has 0 aromatic carbocycles. The van der Waals surface area contributed by atoms with Crippen molar-refractivity contribution in [3.05, 3.63) is 16.6 Å². The Morgan fingerprint density at radius 2 is 2.35 bits per heavy atom. The molecular formula is C12H17N3OS. The molecule has 3 rings (SSSR count). The Kier molecular flexibility index (Phi) is 2.88. The molecule has 1 aromatic heterocycles. The summed E-state index contributed by atoms with van der Waals surface area (Å²) in [4.78, 5) is 16.3. The highest BCUT2D eigenvalue weighted by Crippen LogP contribution is 2.47. The molecule has 0 spiro atoms. The van der Waals surface area contributed by atoms with Crippen molar-refractivity contribution in [2.75, 3.05) is 0 Å². The molecule has 92 valence electrons. The van der Waals surface area contributed by atoms with E-state index in [2.05, 4.69) is 10.3 Å². The summed E-state index contributed by atoms with van der Waals surface area (Å²) >= 11 is 1.55. The van der Waals surface area contributed by atoms with E-state index in [4.69, 9.17) is 5.73 Å². The monoisotopic (exact) mass is 251 g/mol. The zero-order valence-corrected chi connectivity index (χ0v) is 10.5. The third-order valence-electron chi connectivity index (χ3n) is 4.21. The van der Waals surface area contributed by atoms with Crippen LogP contribution in [0.1, 0.15) is 25.0 Å². The van der Waals surface area contributed by atoms with Crippen molar-refractivity contribution < 1.29 is 4.79 Å². The van der Waals surface area contributed by atoms with E-state index in [1.54, 1.807) is 16.8 Å². The largest absolute Gasteiger partial charge is 0.350 e. The number of carbonyl (C=O) groups excluding carboxylic acids is 1. The molecule has 2 bridgehead atoms. The average Bonchev–Trinajstić information content (AvgIpc) is 3.02. The summed E-state index contributed by atoms with van der Waals surface area (Å²) in [5.74, 6) is 1.26. The molecule has 2 aliphatic carbocycles. The number of fused-ring (bicyclic) bond motifs is 2. The van der Waals surface area contributed by atoms with Crippen LogP contribution < -0.4 is 11.1 Å². The molecule has 2 saturated carbocycles. The van der Waals surface area contributed by atoms with Gasteiger partial charge in [0.25, 0.3) is 0 Å². The molecule has 0 radical (unpaired) electrons. The van der Waals surface area contributed by atoms with E-state index < -0.39 is 0 Å². The Morgan fingerprint density at radius 3 is 3.00 bits per heavy atom. The smallest absolute Gasteiger partial charge is 0.225 e. The molecule has 4 nitrogen and oxygen atoms in total. The van der Waals surface area contributed by atoms with Gasteiger partial charge < -0.3 is 11.1 Å². The van der Waals surface area contributed by atoms with Crippen molar-refractivity contribution in [1.82, 2.24) is 10.3 Å². The molecule has 4 unspecified atom stereocenters. The number of nitrogens with one attached hydrogen (secondary N) is 1. The van der Waals surface area contributed by atoms with Crippen molar-refractivity contribution in [2.45, 2.75) is 31.8 Å². The van der Waals surface area contributed by atoms with Crippen molar-refractivity contribution in [3.8, 4) is 0 Å². The van der Waals surface area contributed by atoms with Gasteiger partial charge in [0.15, 0.2) is 0 Å². The van der Waals surface area contributed by atoms with Gasteiger partial charge in [-0.25, -0.2) is 4.98 Å². The van der Waals surface area contributed by atoms with Gasteiger partial charge in [0.2, 0.25) is 5.91 Å². The number of rotatable bonds is 3. The molecule has 1 amide bonds. The molecule has 17 heavy (non-hydrogen) atoms. The standard InChI is InChI=1S/C12H17N3OS/c13-11-8-2-1-7(3-8)10(11)12(16)14-4-9-5-17-6-15-9/h5-8,10-11H,1-4,13H2,(H,14,16). The van der Waals surface area contributed by atoms with Gasteiger partial charge in [-0.05, 0) is 31.1 Å². The number of thiazole rings is 1. The first-order valence-electron chi connectivity index (χ1n) is 6.16. The van der Waals surface area contributed by atoms with E-state index in [1.165, 1.54) is 12.8 Å². The number of hydrogen-bond donors (Lipinski definition) is 2. The maximum Gasteiger partial charge on any atom is 0.225 e. The highest BCUT2D eigenvalue weighted by Gasteiger charge is 2.48. The minimum Gasteiger partial charge on any atom is -0.350 e. The molecule has 0 saturated heterocycles. The second-order valence-corrected chi connectivity index (χ2v) is 5.85. The minimum absolute atomic E-state index is 0.0346. The maximum absolute atomic E-state index is 12.1. The summed E-state index contributed by atoms with van der Waals surface area (Å²) < 4.78 is 0.